The van der Waals surface area contributed by atoms with Gasteiger partial charge in [-0.1, -0.05) is 6.07 Å². The molecule has 3 rings (SSSR count). The topological polar surface area (TPSA) is 24.9 Å². The summed E-state index contributed by atoms with van der Waals surface area (Å²) in [6, 6.07) is 5.37. The maximum Gasteiger partial charge on any atom is 0.149 e. The molecule has 0 atom stereocenters. The summed E-state index contributed by atoms with van der Waals surface area (Å²) in [6.07, 6.45) is 2.35. The van der Waals surface area contributed by atoms with Crippen molar-refractivity contribution in [1.29, 1.82) is 0 Å². The summed E-state index contributed by atoms with van der Waals surface area (Å²) in [4.78, 5) is 4.49. The molecule has 0 amide bonds. The molecule has 0 unspecified atom stereocenters. The molecule has 1 fully saturated rings. The van der Waals surface area contributed by atoms with E-state index in [0.29, 0.717) is 11.4 Å². The van der Waals surface area contributed by atoms with E-state index in [2.05, 4.69) is 16.4 Å². The highest BCUT2D eigenvalue weighted by Crippen LogP contribution is 2.41. The Morgan fingerprint density at radius 2 is 2.12 bits per heavy atom. The van der Waals surface area contributed by atoms with Crippen LogP contribution in [0.3, 0.4) is 0 Å². The fraction of sp³-hybridized carbons (Fsp3) is 0.357. The number of halogens is 1. The Kier molecular flexibility index (Phi) is 2.28. The zero-order valence-electron chi connectivity index (χ0n) is 10.0. The molecule has 1 saturated carbocycles. The number of pyridine rings is 1. The van der Waals surface area contributed by atoms with Gasteiger partial charge in [0.25, 0.3) is 0 Å². The van der Waals surface area contributed by atoms with E-state index >= 15 is 0 Å². The van der Waals surface area contributed by atoms with Gasteiger partial charge in [0.05, 0.1) is 0 Å². The minimum atomic E-state index is -0.232. The lowest BCUT2D eigenvalue weighted by Gasteiger charge is -2.11. The normalized spacial score (nSPS) is 15.2. The monoisotopic (exact) mass is 230 g/mol. The molecule has 1 aromatic heterocycles. The van der Waals surface area contributed by atoms with Gasteiger partial charge in [0, 0.05) is 29.7 Å². The number of hydrogen-bond acceptors (Lipinski definition) is 2. The van der Waals surface area contributed by atoms with Crippen LogP contribution in [-0.2, 0) is 0 Å². The van der Waals surface area contributed by atoms with Crippen LogP contribution in [0.2, 0.25) is 0 Å². The van der Waals surface area contributed by atoms with Gasteiger partial charge in [-0.05, 0) is 37.5 Å². The number of aryl methyl sites for hydroxylation is 1. The highest BCUT2D eigenvalue weighted by atomic mass is 19.1. The van der Waals surface area contributed by atoms with E-state index in [4.69, 9.17) is 0 Å². The average Bonchev–Trinajstić information content (AvgIpc) is 3.16. The lowest BCUT2D eigenvalue weighted by Crippen LogP contribution is -1.98. The van der Waals surface area contributed by atoms with Crippen LogP contribution in [0.15, 0.2) is 18.2 Å². The second kappa shape index (κ2) is 3.69. The largest absolute Gasteiger partial charge is 0.388 e. The first-order chi connectivity index (χ1) is 8.20. The Hall–Kier alpha value is -1.64. The average molecular weight is 230 g/mol. The van der Waals surface area contributed by atoms with E-state index in [1.165, 1.54) is 18.9 Å². The van der Waals surface area contributed by atoms with Gasteiger partial charge < -0.3 is 5.32 Å². The van der Waals surface area contributed by atoms with Crippen molar-refractivity contribution in [2.75, 3.05) is 12.4 Å². The van der Waals surface area contributed by atoms with Gasteiger partial charge in [-0.2, -0.15) is 0 Å². The molecule has 1 aliphatic carbocycles. The minimum Gasteiger partial charge on any atom is -0.388 e. The second-order valence-electron chi connectivity index (χ2n) is 4.71. The number of aromatic nitrogens is 1. The first-order valence-corrected chi connectivity index (χ1v) is 5.98. The highest BCUT2D eigenvalue weighted by Gasteiger charge is 2.26. The number of hydrogen-bond donors (Lipinski definition) is 1. The maximum atomic E-state index is 13.9. The molecule has 0 radical (unpaired) electrons. The summed E-state index contributed by atoms with van der Waals surface area (Å²) in [5, 5.41) is 4.05. The lowest BCUT2D eigenvalue weighted by molar-refractivity contribution is 0.636. The molecular formula is C14H15FN2. The first-order valence-electron chi connectivity index (χ1n) is 5.98. The van der Waals surface area contributed by atoms with Crippen molar-refractivity contribution in [1.82, 2.24) is 4.98 Å². The van der Waals surface area contributed by atoms with Gasteiger partial charge >= 0.3 is 0 Å². The number of nitrogens with zero attached hydrogens (tertiary/aromatic N) is 1. The SMILES string of the molecule is CNc1cc(C2CC2)nc2c(F)ccc(C)c12. The quantitative estimate of drug-likeness (QED) is 0.852. The molecule has 17 heavy (non-hydrogen) atoms. The van der Waals surface area contributed by atoms with Gasteiger partial charge in [0.15, 0.2) is 0 Å². The zero-order valence-corrected chi connectivity index (χ0v) is 10.0. The molecule has 3 heteroatoms. The smallest absolute Gasteiger partial charge is 0.149 e. The Morgan fingerprint density at radius 3 is 2.76 bits per heavy atom. The van der Waals surface area contributed by atoms with Crippen LogP contribution in [0.5, 0.6) is 0 Å². The predicted molar refractivity (Wildman–Crippen MR) is 68.0 cm³/mol. The lowest BCUT2D eigenvalue weighted by atomic mass is 10.1. The Balaban J connectivity index is 2.35. The number of fused-ring (bicyclic) bond motifs is 1. The standard InChI is InChI=1S/C14H15FN2/c1-8-3-6-10(15)14-13(8)12(16-2)7-11(17-14)9-4-5-9/h3,6-7,9H,4-5H2,1-2H3,(H,16,17). The van der Waals surface area contributed by atoms with Crippen molar-refractivity contribution >= 4 is 16.6 Å². The van der Waals surface area contributed by atoms with Crippen molar-refractivity contribution < 1.29 is 4.39 Å². The second-order valence-corrected chi connectivity index (χ2v) is 4.71. The van der Waals surface area contributed by atoms with Crippen molar-refractivity contribution in [2.24, 2.45) is 0 Å². The molecule has 88 valence electrons. The zero-order chi connectivity index (χ0) is 12.0. The Bertz CT molecular complexity index is 588. The Labute approximate surface area is 99.9 Å². The molecule has 1 aliphatic rings. The van der Waals surface area contributed by atoms with E-state index in [9.17, 15) is 4.39 Å². The van der Waals surface area contributed by atoms with Gasteiger partial charge in [-0.25, -0.2) is 9.37 Å². The summed E-state index contributed by atoms with van der Waals surface area (Å²) in [5.41, 5.74) is 3.56. The minimum absolute atomic E-state index is 0.232. The number of rotatable bonds is 2. The van der Waals surface area contributed by atoms with Crippen LogP contribution in [0.1, 0.15) is 30.0 Å². The molecule has 0 saturated heterocycles. The fourth-order valence-electron chi connectivity index (χ4n) is 2.28. The third-order valence-electron chi connectivity index (χ3n) is 3.40. The van der Waals surface area contributed by atoms with Crippen LogP contribution in [0.4, 0.5) is 10.1 Å². The molecular weight excluding hydrogens is 215 g/mol. The third-order valence-corrected chi connectivity index (χ3v) is 3.40. The first kappa shape index (κ1) is 10.5. The van der Waals surface area contributed by atoms with E-state index in [-0.39, 0.29) is 5.82 Å². The number of anilines is 1. The predicted octanol–water partition coefficient (Wildman–Crippen LogP) is 3.60. The highest BCUT2D eigenvalue weighted by molar-refractivity contribution is 5.94. The fourth-order valence-corrected chi connectivity index (χ4v) is 2.28. The van der Waals surface area contributed by atoms with E-state index in [0.717, 1.165) is 22.3 Å². The van der Waals surface area contributed by atoms with Gasteiger partial charge in [0.2, 0.25) is 0 Å². The van der Waals surface area contributed by atoms with Gasteiger partial charge in [0.1, 0.15) is 11.3 Å². The molecule has 0 aliphatic heterocycles. The van der Waals surface area contributed by atoms with Crippen LogP contribution >= 0.6 is 0 Å². The van der Waals surface area contributed by atoms with E-state index in [1.807, 2.05) is 14.0 Å². The van der Waals surface area contributed by atoms with Crippen molar-refractivity contribution in [3.05, 3.63) is 35.3 Å². The van der Waals surface area contributed by atoms with E-state index < -0.39 is 0 Å². The van der Waals surface area contributed by atoms with Crippen LogP contribution < -0.4 is 5.32 Å². The van der Waals surface area contributed by atoms with Gasteiger partial charge in [-0.15, -0.1) is 0 Å². The van der Waals surface area contributed by atoms with Crippen molar-refractivity contribution in [3.63, 3.8) is 0 Å². The van der Waals surface area contributed by atoms with Crippen LogP contribution in [-0.4, -0.2) is 12.0 Å². The summed E-state index contributed by atoms with van der Waals surface area (Å²) >= 11 is 0. The van der Waals surface area contributed by atoms with Crippen LogP contribution in [0, 0.1) is 12.7 Å². The van der Waals surface area contributed by atoms with E-state index in [1.54, 1.807) is 6.07 Å². The van der Waals surface area contributed by atoms with Crippen molar-refractivity contribution in [3.8, 4) is 0 Å². The molecule has 0 spiro atoms. The summed E-state index contributed by atoms with van der Waals surface area (Å²) in [7, 11) is 1.87. The number of nitrogens with one attached hydrogen (secondary N) is 1. The summed E-state index contributed by atoms with van der Waals surface area (Å²) in [6.45, 7) is 1.99. The molecule has 0 bridgehead atoms. The van der Waals surface area contributed by atoms with Crippen molar-refractivity contribution in [2.45, 2.75) is 25.7 Å². The Morgan fingerprint density at radius 1 is 1.35 bits per heavy atom. The molecule has 2 nitrogen and oxygen atoms in total. The summed E-state index contributed by atoms with van der Waals surface area (Å²) < 4.78 is 13.9. The molecule has 1 heterocycles. The van der Waals surface area contributed by atoms with Gasteiger partial charge in [-0.3, -0.25) is 0 Å². The molecule has 2 aromatic rings. The third kappa shape index (κ3) is 1.66. The molecule has 1 aromatic carbocycles. The molecule has 1 N–H and O–H groups in total. The maximum absolute atomic E-state index is 13.9. The summed E-state index contributed by atoms with van der Waals surface area (Å²) in [5.74, 6) is 0.302. The number of benzene rings is 1. The van der Waals surface area contributed by atoms with Crippen LogP contribution in [0.25, 0.3) is 10.9 Å².